The van der Waals surface area contributed by atoms with Gasteiger partial charge >= 0.3 is 0 Å². The lowest BCUT2D eigenvalue weighted by Gasteiger charge is -2.42. The van der Waals surface area contributed by atoms with Crippen molar-refractivity contribution in [3.63, 3.8) is 0 Å². The summed E-state index contributed by atoms with van der Waals surface area (Å²) in [6, 6.07) is 17.0. The van der Waals surface area contributed by atoms with E-state index in [9.17, 15) is 22.4 Å². The summed E-state index contributed by atoms with van der Waals surface area (Å²) in [5.74, 6) is -0.651. The molecule has 3 aliphatic heterocycles. The number of benzene rings is 3. The number of ether oxygens (including phenoxy) is 2. The van der Waals surface area contributed by atoms with Crippen LogP contribution in [0.4, 0.5) is 10.1 Å². The Labute approximate surface area is 244 Å². The Balaban J connectivity index is 1.13. The van der Waals surface area contributed by atoms with Gasteiger partial charge in [-0.3, -0.25) is 14.3 Å². The highest BCUT2D eigenvalue weighted by atomic mass is 32.2. The van der Waals surface area contributed by atoms with Crippen molar-refractivity contribution in [1.82, 2.24) is 9.80 Å². The first-order chi connectivity index (χ1) is 20.2. The predicted octanol–water partition coefficient (Wildman–Crippen LogP) is 3.98. The van der Waals surface area contributed by atoms with Crippen LogP contribution in [0.3, 0.4) is 0 Å². The number of sulfonamides is 1. The number of carbonyl (C=O) groups excluding carboxylic acids is 2. The van der Waals surface area contributed by atoms with Crippen molar-refractivity contribution in [3.8, 4) is 5.75 Å². The summed E-state index contributed by atoms with van der Waals surface area (Å²) >= 11 is 0. The smallest absolute Gasteiger partial charge is 0.261 e. The van der Waals surface area contributed by atoms with Crippen molar-refractivity contribution in [3.05, 3.63) is 89.2 Å². The standard InChI is InChI=1S/C31H32FN3O6S/c1-34-27-11-10-24(17-30(36)35-14-13-20-5-2-3-6-21(20)18-35)41-29(27)19-40-28-12-9-23(16-26(28)31(34)37)33-42(38,39)25-8-4-7-22(32)15-25/h2-9,12,15-16,24,27,29,33H,10-11,13-14,17-19H2,1H3/t24-,27-,29-/m1/s1. The van der Waals surface area contributed by atoms with Gasteiger partial charge in [0.15, 0.2) is 0 Å². The van der Waals surface area contributed by atoms with Crippen molar-refractivity contribution in [2.24, 2.45) is 0 Å². The molecule has 0 unspecified atom stereocenters. The van der Waals surface area contributed by atoms with Gasteiger partial charge in [0.2, 0.25) is 5.91 Å². The molecule has 42 heavy (non-hydrogen) atoms. The second-order valence-corrected chi connectivity index (χ2v) is 12.7. The minimum Gasteiger partial charge on any atom is -0.490 e. The quantitative estimate of drug-likeness (QED) is 0.480. The highest BCUT2D eigenvalue weighted by molar-refractivity contribution is 7.92. The van der Waals surface area contributed by atoms with Gasteiger partial charge in [-0.15, -0.1) is 0 Å². The van der Waals surface area contributed by atoms with Gasteiger partial charge in [0.25, 0.3) is 15.9 Å². The molecule has 3 atom stereocenters. The summed E-state index contributed by atoms with van der Waals surface area (Å²) < 4.78 is 54.0. The number of nitrogens with zero attached hydrogens (tertiary/aromatic N) is 2. The van der Waals surface area contributed by atoms with E-state index < -0.39 is 21.9 Å². The molecule has 9 nitrogen and oxygen atoms in total. The zero-order valence-electron chi connectivity index (χ0n) is 23.2. The van der Waals surface area contributed by atoms with Crippen molar-refractivity contribution >= 4 is 27.5 Å². The molecule has 0 aromatic heterocycles. The monoisotopic (exact) mass is 593 g/mol. The third-order valence-electron chi connectivity index (χ3n) is 8.26. The van der Waals surface area contributed by atoms with Crippen LogP contribution in [-0.2, 0) is 32.5 Å². The number of hydrogen-bond donors (Lipinski definition) is 1. The average Bonchev–Trinajstić information content (AvgIpc) is 2.99. The molecule has 3 aliphatic rings. The zero-order valence-corrected chi connectivity index (χ0v) is 24.0. The van der Waals surface area contributed by atoms with E-state index >= 15 is 0 Å². The van der Waals surface area contributed by atoms with E-state index in [2.05, 4.69) is 16.9 Å². The molecular weight excluding hydrogens is 561 g/mol. The maximum atomic E-state index is 13.6. The van der Waals surface area contributed by atoms with Gasteiger partial charge < -0.3 is 19.3 Å². The van der Waals surface area contributed by atoms with Crippen LogP contribution in [0.2, 0.25) is 0 Å². The Morgan fingerprint density at radius 1 is 1.05 bits per heavy atom. The first-order valence-electron chi connectivity index (χ1n) is 14.0. The average molecular weight is 594 g/mol. The van der Waals surface area contributed by atoms with Crippen LogP contribution in [0.15, 0.2) is 71.6 Å². The molecule has 1 fully saturated rings. The van der Waals surface area contributed by atoms with Gasteiger partial charge in [0, 0.05) is 25.8 Å². The zero-order chi connectivity index (χ0) is 29.4. The molecule has 3 aromatic rings. The van der Waals surface area contributed by atoms with Crippen molar-refractivity contribution in [1.29, 1.82) is 0 Å². The number of nitrogens with one attached hydrogen (secondary N) is 1. The van der Waals surface area contributed by atoms with E-state index in [1.165, 1.54) is 41.5 Å². The fourth-order valence-corrected chi connectivity index (χ4v) is 7.05. The minimum absolute atomic E-state index is 0.0581. The van der Waals surface area contributed by atoms with Crippen molar-refractivity contribution < 1.29 is 31.9 Å². The molecular formula is C31H32FN3O6S. The number of anilines is 1. The molecule has 0 spiro atoms. The van der Waals surface area contributed by atoms with Crippen molar-refractivity contribution in [2.45, 2.75) is 55.4 Å². The topological polar surface area (TPSA) is 105 Å². The lowest BCUT2D eigenvalue weighted by Crippen LogP contribution is -2.54. The number of carbonyl (C=O) groups is 2. The molecule has 2 amide bonds. The predicted molar refractivity (Wildman–Crippen MR) is 153 cm³/mol. The maximum absolute atomic E-state index is 13.6. The summed E-state index contributed by atoms with van der Waals surface area (Å²) in [6.07, 6.45) is 1.67. The van der Waals surface area contributed by atoms with Crippen LogP contribution in [0.25, 0.3) is 0 Å². The second-order valence-electron chi connectivity index (χ2n) is 11.0. The van der Waals surface area contributed by atoms with E-state index in [1.54, 1.807) is 11.9 Å². The fourth-order valence-electron chi connectivity index (χ4n) is 5.97. The number of fused-ring (bicyclic) bond motifs is 3. The number of amides is 2. The molecule has 0 aliphatic carbocycles. The van der Waals surface area contributed by atoms with Gasteiger partial charge in [0.1, 0.15) is 24.3 Å². The Morgan fingerprint density at radius 3 is 2.67 bits per heavy atom. The highest BCUT2D eigenvalue weighted by Crippen LogP contribution is 2.33. The van der Waals surface area contributed by atoms with E-state index in [1.807, 2.05) is 17.0 Å². The number of halogens is 1. The Morgan fingerprint density at radius 2 is 1.86 bits per heavy atom. The molecule has 1 N–H and O–H groups in total. The van der Waals surface area contributed by atoms with E-state index in [-0.39, 0.29) is 53.1 Å². The van der Waals surface area contributed by atoms with Crippen LogP contribution >= 0.6 is 0 Å². The summed E-state index contributed by atoms with van der Waals surface area (Å²) in [5.41, 5.74) is 2.82. The number of rotatable bonds is 5. The molecule has 3 aromatic carbocycles. The highest BCUT2D eigenvalue weighted by Gasteiger charge is 2.39. The summed E-state index contributed by atoms with van der Waals surface area (Å²) in [5, 5.41) is 0. The van der Waals surface area contributed by atoms with Crippen molar-refractivity contribution in [2.75, 3.05) is 24.9 Å². The van der Waals surface area contributed by atoms with Crippen LogP contribution in [0.5, 0.6) is 5.75 Å². The fraction of sp³-hybridized carbons (Fsp3) is 0.355. The van der Waals surface area contributed by atoms with Gasteiger partial charge in [-0.2, -0.15) is 0 Å². The third-order valence-corrected chi connectivity index (χ3v) is 9.63. The first-order valence-corrected chi connectivity index (χ1v) is 15.5. The molecule has 0 saturated carbocycles. The van der Waals surface area contributed by atoms with Gasteiger partial charge in [-0.25, -0.2) is 12.8 Å². The summed E-state index contributed by atoms with van der Waals surface area (Å²) in [7, 11) is -2.38. The molecule has 11 heteroatoms. The van der Waals surface area contributed by atoms with Crippen LogP contribution in [0, 0.1) is 5.82 Å². The van der Waals surface area contributed by atoms with Crippen LogP contribution in [-0.4, -0.2) is 68.5 Å². The Kier molecular flexibility index (Phi) is 7.63. The summed E-state index contributed by atoms with van der Waals surface area (Å²) in [4.78, 5) is 30.0. The molecule has 220 valence electrons. The maximum Gasteiger partial charge on any atom is 0.261 e. The molecule has 3 heterocycles. The first kappa shape index (κ1) is 28.2. The molecule has 0 radical (unpaired) electrons. The number of likely N-dealkylation sites (N-methyl/N-ethyl adjacent to an activating group) is 1. The molecule has 0 bridgehead atoms. The Hall–Kier alpha value is -3.96. The van der Waals surface area contributed by atoms with E-state index in [4.69, 9.17) is 9.47 Å². The lowest BCUT2D eigenvalue weighted by atomic mass is 9.94. The lowest BCUT2D eigenvalue weighted by molar-refractivity contribution is -0.143. The van der Waals surface area contributed by atoms with Crippen LogP contribution < -0.4 is 9.46 Å². The minimum atomic E-state index is -4.07. The van der Waals surface area contributed by atoms with Gasteiger partial charge in [-0.1, -0.05) is 30.3 Å². The molecule has 6 rings (SSSR count). The van der Waals surface area contributed by atoms with Crippen LogP contribution in [0.1, 0.15) is 40.7 Å². The second kappa shape index (κ2) is 11.4. The largest absolute Gasteiger partial charge is 0.490 e. The Bertz CT molecular complexity index is 1630. The third kappa shape index (κ3) is 5.71. The number of hydrogen-bond acceptors (Lipinski definition) is 6. The normalized spacial score (nSPS) is 22.1. The summed E-state index contributed by atoms with van der Waals surface area (Å²) in [6.45, 7) is 1.46. The van der Waals surface area contributed by atoms with Gasteiger partial charge in [0.05, 0.1) is 29.0 Å². The van der Waals surface area contributed by atoms with E-state index in [0.29, 0.717) is 31.7 Å². The van der Waals surface area contributed by atoms with E-state index in [0.717, 1.165) is 18.6 Å². The molecule has 1 saturated heterocycles. The SMILES string of the molecule is CN1C(=O)c2cc(NS(=O)(=O)c3cccc(F)c3)ccc2OC[C@H]2O[C@@H](CC(=O)N3CCc4ccccc4C3)CC[C@H]21. The van der Waals surface area contributed by atoms with Gasteiger partial charge in [-0.05, 0) is 66.8 Å².